The standard InChI is InChI=1S/C10H12FNO2/c1-14-10(13)9(12)6-7-3-2-4-8(11)5-7/h2-5,9H,6,12H2,1H3/t9-/m0/s1. The average Bonchev–Trinajstić information content (AvgIpc) is 2.16. The smallest absolute Gasteiger partial charge is 0.322 e. The van der Waals surface area contributed by atoms with Crippen molar-refractivity contribution in [2.24, 2.45) is 5.73 Å². The van der Waals surface area contributed by atoms with Gasteiger partial charge in [-0.1, -0.05) is 12.1 Å². The van der Waals surface area contributed by atoms with Gasteiger partial charge in [-0.25, -0.2) is 4.39 Å². The topological polar surface area (TPSA) is 52.3 Å². The number of benzene rings is 1. The van der Waals surface area contributed by atoms with Crippen LogP contribution in [-0.4, -0.2) is 19.1 Å². The molecule has 0 radical (unpaired) electrons. The Bertz CT molecular complexity index is 328. The number of esters is 1. The Labute approximate surface area is 81.7 Å². The molecule has 0 aromatic heterocycles. The normalized spacial score (nSPS) is 12.2. The van der Waals surface area contributed by atoms with Crippen LogP contribution in [0.25, 0.3) is 0 Å². The maximum atomic E-state index is 12.7. The monoisotopic (exact) mass is 197 g/mol. The highest BCUT2D eigenvalue weighted by molar-refractivity contribution is 5.75. The lowest BCUT2D eigenvalue weighted by atomic mass is 10.1. The van der Waals surface area contributed by atoms with E-state index in [9.17, 15) is 9.18 Å². The highest BCUT2D eigenvalue weighted by atomic mass is 19.1. The summed E-state index contributed by atoms with van der Waals surface area (Å²) in [5, 5.41) is 0. The molecule has 0 unspecified atom stereocenters. The van der Waals surface area contributed by atoms with E-state index in [2.05, 4.69) is 4.74 Å². The number of nitrogens with two attached hydrogens (primary N) is 1. The van der Waals surface area contributed by atoms with Gasteiger partial charge >= 0.3 is 5.97 Å². The summed E-state index contributed by atoms with van der Waals surface area (Å²) in [6.45, 7) is 0. The zero-order chi connectivity index (χ0) is 10.6. The largest absolute Gasteiger partial charge is 0.468 e. The van der Waals surface area contributed by atoms with Crippen LogP contribution in [0.15, 0.2) is 24.3 Å². The third-order valence-electron chi connectivity index (χ3n) is 1.85. The fraction of sp³-hybridized carbons (Fsp3) is 0.300. The van der Waals surface area contributed by atoms with Gasteiger partial charge in [-0.05, 0) is 24.1 Å². The van der Waals surface area contributed by atoms with Gasteiger partial charge in [-0.15, -0.1) is 0 Å². The summed E-state index contributed by atoms with van der Waals surface area (Å²) in [5.41, 5.74) is 6.20. The molecule has 0 spiro atoms. The molecule has 3 nitrogen and oxygen atoms in total. The number of hydrogen-bond acceptors (Lipinski definition) is 3. The lowest BCUT2D eigenvalue weighted by molar-refractivity contribution is -0.142. The highest BCUT2D eigenvalue weighted by Crippen LogP contribution is 2.06. The van der Waals surface area contributed by atoms with Crippen molar-refractivity contribution < 1.29 is 13.9 Å². The van der Waals surface area contributed by atoms with Crippen LogP contribution in [-0.2, 0) is 16.0 Å². The molecule has 76 valence electrons. The predicted molar refractivity (Wildman–Crippen MR) is 50.1 cm³/mol. The molecule has 0 aliphatic carbocycles. The molecule has 0 saturated carbocycles. The van der Waals surface area contributed by atoms with Crippen molar-refractivity contribution in [3.05, 3.63) is 35.6 Å². The molecule has 0 aliphatic heterocycles. The third-order valence-corrected chi connectivity index (χ3v) is 1.85. The van der Waals surface area contributed by atoms with Crippen LogP contribution >= 0.6 is 0 Å². The average molecular weight is 197 g/mol. The van der Waals surface area contributed by atoms with E-state index in [-0.39, 0.29) is 12.2 Å². The van der Waals surface area contributed by atoms with Crippen molar-refractivity contribution in [3.63, 3.8) is 0 Å². The van der Waals surface area contributed by atoms with E-state index >= 15 is 0 Å². The van der Waals surface area contributed by atoms with Crippen LogP contribution in [0.3, 0.4) is 0 Å². The molecule has 0 aliphatic rings. The molecule has 0 bridgehead atoms. The quantitative estimate of drug-likeness (QED) is 0.731. The molecule has 0 amide bonds. The summed E-state index contributed by atoms with van der Waals surface area (Å²) >= 11 is 0. The van der Waals surface area contributed by atoms with Gasteiger partial charge in [0.15, 0.2) is 0 Å². The number of carbonyl (C=O) groups is 1. The van der Waals surface area contributed by atoms with Crippen LogP contribution in [0.1, 0.15) is 5.56 Å². The van der Waals surface area contributed by atoms with E-state index in [1.54, 1.807) is 12.1 Å². The van der Waals surface area contributed by atoms with Crippen molar-refractivity contribution >= 4 is 5.97 Å². The fourth-order valence-electron chi connectivity index (χ4n) is 1.15. The molecule has 1 aromatic rings. The number of rotatable bonds is 3. The molecule has 2 N–H and O–H groups in total. The second-order valence-electron chi connectivity index (χ2n) is 2.96. The Hall–Kier alpha value is -1.42. The summed E-state index contributed by atoms with van der Waals surface area (Å²) in [6, 6.07) is 5.25. The van der Waals surface area contributed by atoms with Crippen LogP contribution in [0.4, 0.5) is 4.39 Å². The van der Waals surface area contributed by atoms with E-state index in [0.717, 1.165) is 0 Å². The lowest BCUT2D eigenvalue weighted by Gasteiger charge is -2.08. The number of halogens is 1. The Kier molecular flexibility index (Phi) is 3.59. The molecule has 0 saturated heterocycles. The van der Waals surface area contributed by atoms with Crippen molar-refractivity contribution in [1.82, 2.24) is 0 Å². The molecule has 1 atom stereocenters. The maximum absolute atomic E-state index is 12.7. The van der Waals surface area contributed by atoms with E-state index < -0.39 is 12.0 Å². The van der Waals surface area contributed by atoms with E-state index in [4.69, 9.17) is 5.73 Å². The van der Waals surface area contributed by atoms with Crippen molar-refractivity contribution in [3.8, 4) is 0 Å². The molecular weight excluding hydrogens is 185 g/mol. The Morgan fingerprint density at radius 1 is 1.64 bits per heavy atom. The molecule has 14 heavy (non-hydrogen) atoms. The lowest BCUT2D eigenvalue weighted by Crippen LogP contribution is -2.33. The highest BCUT2D eigenvalue weighted by Gasteiger charge is 2.13. The third kappa shape index (κ3) is 2.81. The zero-order valence-electron chi connectivity index (χ0n) is 7.87. The number of methoxy groups -OCH3 is 1. The zero-order valence-corrected chi connectivity index (χ0v) is 7.87. The van der Waals surface area contributed by atoms with Crippen LogP contribution in [0, 0.1) is 5.82 Å². The number of hydrogen-bond donors (Lipinski definition) is 1. The fourth-order valence-corrected chi connectivity index (χ4v) is 1.15. The van der Waals surface area contributed by atoms with Crippen LogP contribution < -0.4 is 5.73 Å². The minimum atomic E-state index is -0.734. The summed E-state index contributed by atoms with van der Waals surface area (Å²) in [5.74, 6) is -0.825. The van der Waals surface area contributed by atoms with Crippen LogP contribution in [0.2, 0.25) is 0 Å². The summed E-state index contributed by atoms with van der Waals surface area (Å²) in [6.07, 6.45) is 0.282. The first-order chi connectivity index (χ1) is 6.63. The van der Waals surface area contributed by atoms with Gasteiger partial charge < -0.3 is 10.5 Å². The van der Waals surface area contributed by atoms with Gasteiger partial charge in [0.05, 0.1) is 7.11 Å². The molecule has 4 heteroatoms. The minimum Gasteiger partial charge on any atom is -0.468 e. The Balaban J connectivity index is 2.64. The van der Waals surface area contributed by atoms with Crippen molar-refractivity contribution in [2.45, 2.75) is 12.5 Å². The maximum Gasteiger partial charge on any atom is 0.322 e. The van der Waals surface area contributed by atoms with Gasteiger partial charge in [-0.2, -0.15) is 0 Å². The second kappa shape index (κ2) is 4.72. The van der Waals surface area contributed by atoms with Gasteiger partial charge in [-0.3, -0.25) is 4.79 Å². The first-order valence-corrected chi connectivity index (χ1v) is 4.21. The summed E-state index contributed by atoms with van der Waals surface area (Å²) < 4.78 is 17.2. The Morgan fingerprint density at radius 3 is 2.93 bits per heavy atom. The summed E-state index contributed by atoms with van der Waals surface area (Å²) in [4.78, 5) is 11.0. The first kappa shape index (κ1) is 10.7. The van der Waals surface area contributed by atoms with Crippen LogP contribution in [0.5, 0.6) is 0 Å². The van der Waals surface area contributed by atoms with Gasteiger partial charge in [0.1, 0.15) is 11.9 Å². The van der Waals surface area contributed by atoms with Gasteiger partial charge in [0.2, 0.25) is 0 Å². The number of carbonyl (C=O) groups excluding carboxylic acids is 1. The Morgan fingerprint density at radius 2 is 2.36 bits per heavy atom. The predicted octanol–water partition coefficient (Wildman–Crippen LogP) is 0.868. The van der Waals surface area contributed by atoms with Gasteiger partial charge in [0, 0.05) is 0 Å². The molecule has 1 rings (SSSR count). The number of ether oxygens (including phenoxy) is 1. The van der Waals surface area contributed by atoms with Crippen molar-refractivity contribution in [1.29, 1.82) is 0 Å². The van der Waals surface area contributed by atoms with E-state index in [1.807, 2.05) is 0 Å². The first-order valence-electron chi connectivity index (χ1n) is 4.21. The molecule has 0 heterocycles. The molecule has 0 fully saturated rings. The van der Waals surface area contributed by atoms with Gasteiger partial charge in [0.25, 0.3) is 0 Å². The van der Waals surface area contributed by atoms with E-state index in [1.165, 1.54) is 19.2 Å². The van der Waals surface area contributed by atoms with Crippen molar-refractivity contribution in [2.75, 3.05) is 7.11 Å². The summed E-state index contributed by atoms with van der Waals surface area (Å²) in [7, 11) is 1.27. The SMILES string of the molecule is COC(=O)[C@@H](N)Cc1cccc(F)c1. The molecule has 1 aromatic carbocycles. The second-order valence-corrected chi connectivity index (χ2v) is 2.96. The molecular formula is C10H12FNO2. The minimum absolute atomic E-state index is 0.282. The van der Waals surface area contributed by atoms with E-state index in [0.29, 0.717) is 5.56 Å².